The van der Waals surface area contributed by atoms with E-state index in [4.69, 9.17) is 21.5 Å². The molecule has 1 amide bonds. The Morgan fingerprint density at radius 1 is 1.11 bits per heavy atom. The number of amides is 1. The molecule has 0 saturated carbocycles. The summed E-state index contributed by atoms with van der Waals surface area (Å²) < 4.78 is 59.7. The average Bonchev–Trinajstić information content (AvgIpc) is 2.82. The first-order valence-electron chi connectivity index (χ1n) is 10.9. The topological polar surface area (TPSA) is 107 Å². The van der Waals surface area contributed by atoms with Crippen molar-refractivity contribution in [1.29, 1.82) is 0 Å². The fraction of sp³-hybridized carbons (Fsp3) is 0.391. The van der Waals surface area contributed by atoms with Crippen molar-refractivity contribution in [2.45, 2.75) is 31.0 Å². The Balaban J connectivity index is 0.000000572. The van der Waals surface area contributed by atoms with Gasteiger partial charge in [-0.1, -0.05) is 35.9 Å². The van der Waals surface area contributed by atoms with Crippen molar-refractivity contribution in [2.24, 2.45) is 0 Å². The summed E-state index contributed by atoms with van der Waals surface area (Å²) in [6, 6.07) is 13.9. The Hall–Kier alpha value is -2.67. The summed E-state index contributed by atoms with van der Waals surface area (Å²) in [4.78, 5) is 23.5. The highest BCUT2D eigenvalue weighted by molar-refractivity contribution is 7.89. The largest absolute Gasteiger partial charge is 0.490 e. The van der Waals surface area contributed by atoms with Gasteiger partial charge in [-0.25, -0.2) is 13.2 Å². The van der Waals surface area contributed by atoms with Gasteiger partial charge < -0.3 is 15.3 Å². The lowest BCUT2D eigenvalue weighted by atomic mass is 10.2. The lowest BCUT2D eigenvalue weighted by molar-refractivity contribution is -0.192. The van der Waals surface area contributed by atoms with E-state index in [9.17, 15) is 26.4 Å². The van der Waals surface area contributed by atoms with E-state index >= 15 is 0 Å². The van der Waals surface area contributed by atoms with Crippen LogP contribution in [-0.4, -0.2) is 73.5 Å². The van der Waals surface area contributed by atoms with Crippen LogP contribution < -0.4 is 5.32 Å². The molecule has 3 rings (SSSR count). The number of alkyl halides is 3. The third-order valence-electron chi connectivity index (χ3n) is 5.16. The van der Waals surface area contributed by atoms with Gasteiger partial charge in [-0.05, 0) is 42.3 Å². The van der Waals surface area contributed by atoms with Crippen LogP contribution in [0.15, 0.2) is 53.4 Å². The molecule has 1 heterocycles. The van der Waals surface area contributed by atoms with Crippen LogP contribution in [0.25, 0.3) is 0 Å². The molecular formula is C23H27ClF3N3O5S. The number of hydrogen-bond donors (Lipinski definition) is 2. The normalized spacial score (nSPS) is 14.2. The molecule has 1 fully saturated rings. The quantitative estimate of drug-likeness (QED) is 0.549. The van der Waals surface area contributed by atoms with Crippen molar-refractivity contribution < 1.29 is 36.3 Å². The molecule has 0 bridgehead atoms. The zero-order valence-electron chi connectivity index (χ0n) is 19.5. The van der Waals surface area contributed by atoms with Crippen LogP contribution in [0.1, 0.15) is 17.5 Å². The highest BCUT2D eigenvalue weighted by atomic mass is 35.5. The number of aliphatic carboxylic acids is 1. The molecule has 1 saturated heterocycles. The van der Waals surface area contributed by atoms with Crippen LogP contribution in [0.5, 0.6) is 0 Å². The van der Waals surface area contributed by atoms with E-state index in [2.05, 4.69) is 5.32 Å². The molecule has 0 atom stereocenters. The first kappa shape index (κ1) is 29.6. The predicted molar refractivity (Wildman–Crippen MR) is 128 cm³/mol. The molecule has 0 spiro atoms. The lowest BCUT2D eigenvalue weighted by Crippen LogP contribution is -2.47. The molecule has 1 aliphatic rings. The maximum absolute atomic E-state index is 13.3. The molecule has 13 heteroatoms. The minimum absolute atomic E-state index is 0.0259. The number of carboxylic acid groups (broad SMARTS) is 1. The molecule has 8 nitrogen and oxygen atoms in total. The SMILES string of the molecule is Cc1cccc(S(=O)(=O)N(CCC(=O)N2CCNCC2)Cc2cccc(Cl)c2)c1.O=C(O)C(F)(F)F. The number of benzene rings is 2. The van der Waals surface area contributed by atoms with Gasteiger partial charge in [0.05, 0.1) is 4.90 Å². The number of nitrogens with one attached hydrogen (secondary N) is 1. The number of rotatable bonds is 7. The first-order chi connectivity index (χ1) is 16.8. The Labute approximate surface area is 212 Å². The molecule has 36 heavy (non-hydrogen) atoms. The minimum atomic E-state index is -5.08. The maximum Gasteiger partial charge on any atom is 0.490 e. The number of hydrogen-bond acceptors (Lipinski definition) is 5. The van der Waals surface area contributed by atoms with Crippen LogP contribution in [0.4, 0.5) is 13.2 Å². The van der Waals surface area contributed by atoms with Crippen molar-refractivity contribution in [3.63, 3.8) is 0 Å². The highest BCUT2D eigenvalue weighted by Gasteiger charge is 2.38. The Morgan fingerprint density at radius 3 is 2.28 bits per heavy atom. The van der Waals surface area contributed by atoms with E-state index in [0.29, 0.717) is 18.1 Å². The molecule has 0 unspecified atom stereocenters. The van der Waals surface area contributed by atoms with Gasteiger partial charge in [0.25, 0.3) is 0 Å². The third kappa shape index (κ3) is 9.08. The van der Waals surface area contributed by atoms with E-state index in [-0.39, 0.29) is 30.3 Å². The Morgan fingerprint density at radius 2 is 1.72 bits per heavy atom. The van der Waals surface area contributed by atoms with Crippen LogP contribution in [0.3, 0.4) is 0 Å². The highest BCUT2D eigenvalue weighted by Crippen LogP contribution is 2.21. The number of carbonyl (C=O) groups is 2. The molecule has 2 aromatic carbocycles. The van der Waals surface area contributed by atoms with Gasteiger partial charge in [0.15, 0.2) is 0 Å². The molecule has 0 radical (unpaired) electrons. The predicted octanol–water partition coefficient (Wildman–Crippen LogP) is 3.29. The molecule has 0 aromatic heterocycles. The summed E-state index contributed by atoms with van der Waals surface area (Å²) in [5, 5.41) is 10.9. The zero-order valence-corrected chi connectivity index (χ0v) is 21.0. The molecule has 1 aliphatic heterocycles. The van der Waals surface area contributed by atoms with Gasteiger partial charge in [-0.3, -0.25) is 4.79 Å². The van der Waals surface area contributed by atoms with Gasteiger partial charge in [0.2, 0.25) is 15.9 Å². The molecule has 2 aromatic rings. The van der Waals surface area contributed by atoms with E-state index < -0.39 is 22.2 Å². The summed E-state index contributed by atoms with van der Waals surface area (Å²) >= 11 is 6.07. The zero-order chi connectivity index (χ0) is 26.9. The molecule has 198 valence electrons. The Bertz CT molecular complexity index is 1160. The number of nitrogens with zero attached hydrogens (tertiary/aromatic N) is 2. The number of sulfonamides is 1. The van der Waals surface area contributed by atoms with Gasteiger partial charge >= 0.3 is 12.1 Å². The summed E-state index contributed by atoms with van der Waals surface area (Å²) in [6.45, 7) is 4.96. The van der Waals surface area contributed by atoms with E-state index in [0.717, 1.165) is 24.2 Å². The standard InChI is InChI=1S/C21H26ClN3O3S.C2HF3O2/c1-17-4-2-7-20(14-17)29(27,28)25(16-18-5-3-6-19(22)15-18)11-8-21(26)24-12-9-23-10-13-24;3-2(4,5)1(6)7/h2-7,14-15,23H,8-13,16H2,1H3;(H,6,7). The number of carboxylic acids is 1. The Kier molecular flexibility index (Phi) is 10.7. The fourth-order valence-corrected chi connectivity index (χ4v) is 5.09. The smallest absolute Gasteiger partial charge is 0.475 e. The van der Waals surface area contributed by atoms with Gasteiger partial charge in [-0.2, -0.15) is 17.5 Å². The van der Waals surface area contributed by atoms with E-state index in [1.165, 1.54) is 4.31 Å². The summed E-state index contributed by atoms with van der Waals surface area (Å²) in [5.74, 6) is -2.78. The summed E-state index contributed by atoms with van der Waals surface area (Å²) in [7, 11) is -3.75. The van der Waals surface area contributed by atoms with Crippen LogP contribution >= 0.6 is 11.6 Å². The van der Waals surface area contributed by atoms with Crippen LogP contribution in [0.2, 0.25) is 5.02 Å². The molecule has 0 aliphatic carbocycles. The third-order valence-corrected chi connectivity index (χ3v) is 7.24. The number of aryl methyl sites for hydroxylation is 1. The number of halogens is 4. The van der Waals surface area contributed by atoms with E-state index in [1.54, 1.807) is 41.3 Å². The second-order valence-electron chi connectivity index (χ2n) is 7.97. The average molecular weight is 550 g/mol. The van der Waals surface area contributed by atoms with Crippen molar-refractivity contribution in [3.05, 3.63) is 64.7 Å². The van der Waals surface area contributed by atoms with Gasteiger partial charge in [0.1, 0.15) is 0 Å². The maximum atomic E-state index is 13.3. The van der Waals surface area contributed by atoms with E-state index in [1.807, 2.05) is 19.1 Å². The monoisotopic (exact) mass is 549 g/mol. The van der Waals surface area contributed by atoms with Crippen LogP contribution in [-0.2, 0) is 26.2 Å². The second kappa shape index (κ2) is 13.0. The van der Waals surface area contributed by atoms with Gasteiger partial charge in [-0.15, -0.1) is 0 Å². The molecule has 2 N–H and O–H groups in total. The van der Waals surface area contributed by atoms with Gasteiger partial charge in [0, 0.05) is 50.7 Å². The van der Waals surface area contributed by atoms with Crippen molar-refractivity contribution in [2.75, 3.05) is 32.7 Å². The summed E-state index contributed by atoms with van der Waals surface area (Å²) in [5.41, 5.74) is 1.65. The van der Waals surface area contributed by atoms with Crippen molar-refractivity contribution >= 4 is 33.5 Å². The van der Waals surface area contributed by atoms with Crippen molar-refractivity contribution in [1.82, 2.24) is 14.5 Å². The number of carbonyl (C=O) groups excluding carboxylic acids is 1. The minimum Gasteiger partial charge on any atom is -0.475 e. The second-order valence-corrected chi connectivity index (χ2v) is 10.3. The molecular weight excluding hydrogens is 523 g/mol. The lowest BCUT2D eigenvalue weighted by Gasteiger charge is -2.29. The first-order valence-corrected chi connectivity index (χ1v) is 12.7. The number of piperazine rings is 1. The summed E-state index contributed by atoms with van der Waals surface area (Å²) in [6.07, 6.45) is -4.94. The van der Waals surface area contributed by atoms with Crippen molar-refractivity contribution in [3.8, 4) is 0 Å². The fourth-order valence-electron chi connectivity index (χ4n) is 3.34. The van der Waals surface area contributed by atoms with Crippen LogP contribution in [0, 0.1) is 6.92 Å².